The summed E-state index contributed by atoms with van der Waals surface area (Å²) >= 11 is 0. The Bertz CT molecular complexity index is 466. The van der Waals surface area contributed by atoms with E-state index in [-0.39, 0.29) is 6.54 Å². The fourth-order valence-corrected chi connectivity index (χ4v) is 1.16. The van der Waals surface area contributed by atoms with Gasteiger partial charge in [-0.15, -0.1) is 5.10 Å². The number of nitrogens with zero attached hydrogens (tertiary/aromatic N) is 4. The van der Waals surface area contributed by atoms with Gasteiger partial charge in [0.1, 0.15) is 12.2 Å². The average Bonchev–Trinajstić information content (AvgIpc) is 2.67. The first-order valence-corrected chi connectivity index (χ1v) is 4.28. The van der Waals surface area contributed by atoms with Crippen LogP contribution in [0.1, 0.15) is 0 Å². The van der Waals surface area contributed by atoms with E-state index in [1.807, 2.05) is 6.07 Å². The van der Waals surface area contributed by atoms with Crippen molar-refractivity contribution in [2.45, 2.75) is 6.54 Å². The van der Waals surface area contributed by atoms with Gasteiger partial charge in [0.05, 0.1) is 6.20 Å². The Morgan fingerprint density at radius 1 is 1.53 bits per heavy atom. The van der Waals surface area contributed by atoms with Gasteiger partial charge in [0.25, 0.3) is 0 Å². The minimum Gasteiger partial charge on any atom is -0.480 e. The fraction of sp³-hybridized carbons (Fsp3) is 0.111. The molecular weight excluding hydrogens is 196 g/mol. The van der Waals surface area contributed by atoms with E-state index >= 15 is 0 Å². The molecule has 0 aromatic carbocycles. The fourth-order valence-electron chi connectivity index (χ4n) is 1.16. The van der Waals surface area contributed by atoms with Gasteiger partial charge in [-0.2, -0.15) is 0 Å². The molecule has 0 amide bonds. The lowest BCUT2D eigenvalue weighted by molar-refractivity contribution is -0.137. The summed E-state index contributed by atoms with van der Waals surface area (Å²) in [6.45, 7) is -0.187. The molecule has 6 nitrogen and oxygen atoms in total. The van der Waals surface area contributed by atoms with Gasteiger partial charge in [-0.25, -0.2) is 4.68 Å². The van der Waals surface area contributed by atoms with Crippen molar-refractivity contribution < 1.29 is 9.90 Å². The van der Waals surface area contributed by atoms with Crippen LogP contribution in [0.5, 0.6) is 0 Å². The van der Waals surface area contributed by atoms with Gasteiger partial charge >= 0.3 is 5.97 Å². The van der Waals surface area contributed by atoms with Crippen LogP contribution >= 0.6 is 0 Å². The quantitative estimate of drug-likeness (QED) is 0.783. The van der Waals surface area contributed by atoms with Crippen LogP contribution in [0.3, 0.4) is 0 Å². The molecule has 1 N–H and O–H groups in total. The van der Waals surface area contributed by atoms with Gasteiger partial charge in [-0.1, -0.05) is 5.21 Å². The summed E-state index contributed by atoms with van der Waals surface area (Å²) in [6, 6.07) is 3.62. The number of pyridine rings is 1. The molecule has 0 fully saturated rings. The van der Waals surface area contributed by atoms with Crippen LogP contribution in [0, 0.1) is 0 Å². The number of rotatable bonds is 3. The van der Waals surface area contributed by atoms with Crippen LogP contribution in [0.4, 0.5) is 0 Å². The van der Waals surface area contributed by atoms with E-state index in [0.717, 1.165) is 5.56 Å². The Balaban J connectivity index is 2.24. The number of hydrogen-bond acceptors (Lipinski definition) is 4. The molecule has 0 aliphatic rings. The minimum atomic E-state index is -0.947. The molecule has 2 heterocycles. The smallest absolute Gasteiger partial charge is 0.325 e. The number of hydrogen-bond donors (Lipinski definition) is 1. The maximum absolute atomic E-state index is 10.4. The summed E-state index contributed by atoms with van der Waals surface area (Å²) in [5.74, 6) is -0.947. The zero-order chi connectivity index (χ0) is 10.7. The summed E-state index contributed by atoms with van der Waals surface area (Å²) in [7, 11) is 0. The molecule has 6 heteroatoms. The summed E-state index contributed by atoms with van der Waals surface area (Å²) in [5, 5.41) is 16.1. The summed E-state index contributed by atoms with van der Waals surface area (Å²) in [4.78, 5) is 14.4. The van der Waals surface area contributed by atoms with E-state index < -0.39 is 5.97 Å². The first-order chi connectivity index (χ1) is 7.25. The highest BCUT2D eigenvalue weighted by Crippen LogP contribution is 2.13. The molecule has 0 atom stereocenters. The molecule has 0 radical (unpaired) electrons. The maximum atomic E-state index is 10.4. The van der Waals surface area contributed by atoms with Gasteiger partial charge in [0.2, 0.25) is 0 Å². The van der Waals surface area contributed by atoms with Gasteiger partial charge in [0.15, 0.2) is 0 Å². The van der Waals surface area contributed by atoms with Crippen molar-refractivity contribution in [1.82, 2.24) is 20.0 Å². The first kappa shape index (κ1) is 9.32. The van der Waals surface area contributed by atoms with Crippen molar-refractivity contribution in [2.75, 3.05) is 0 Å². The Kier molecular flexibility index (Phi) is 2.40. The topological polar surface area (TPSA) is 80.9 Å². The number of aliphatic carboxylic acids is 1. The largest absolute Gasteiger partial charge is 0.480 e. The summed E-state index contributed by atoms with van der Waals surface area (Å²) in [5.41, 5.74) is 1.43. The molecule has 0 aliphatic carbocycles. The van der Waals surface area contributed by atoms with Crippen LogP contribution in [0.15, 0.2) is 30.7 Å². The molecule has 0 aliphatic heterocycles. The molecular formula is C9H8N4O2. The van der Waals surface area contributed by atoms with Crippen LogP contribution < -0.4 is 0 Å². The molecule has 0 unspecified atom stereocenters. The highest BCUT2D eigenvalue weighted by molar-refractivity contribution is 5.66. The second kappa shape index (κ2) is 3.87. The monoisotopic (exact) mass is 204 g/mol. The number of aromatic nitrogens is 4. The second-order valence-electron chi connectivity index (χ2n) is 2.94. The number of carboxylic acids is 1. The van der Waals surface area contributed by atoms with Crippen LogP contribution in [-0.4, -0.2) is 31.1 Å². The lowest BCUT2D eigenvalue weighted by Crippen LogP contribution is -2.08. The van der Waals surface area contributed by atoms with Crippen molar-refractivity contribution >= 4 is 5.97 Å². The van der Waals surface area contributed by atoms with E-state index in [4.69, 9.17) is 5.11 Å². The van der Waals surface area contributed by atoms with Crippen molar-refractivity contribution in [2.24, 2.45) is 0 Å². The van der Waals surface area contributed by atoms with Gasteiger partial charge in [0, 0.05) is 18.0 Å². The van der Waals surface area contributed by atoms with E-state index in [0.29, 0.717) is 5.69 Å². The predicted molar refractivity (Wildman–Crippen MR) is 50.9 cm³/mol. The van der Waals surface area contributed by atoms with Crippen molar-refractivity contribution in [3.63, 3.8) is 0 Å². The lowest BCUT2D eigenvalue weighted by Gasteiger charge is -1.92. The lowest BCUT2D eigenvalue weighted by atomic mass is 10.2. The predicted octanol–water partition coefficient (Wildman–Crippen LogP) is 0.425. The maximum Gasteiger partial charge on any atom is 0.325 e. The molecule has 2 aromatic rings. The number of carbonyl (C=O) groups is 1. The molecule has 0 saturated carbocycles. The van der Waals surface area contributed by atoms with Crippen molar-refractivity contribution in [3.8, 4) is 11.3 Å². The normalized spacial score (nSPS) is 10.1. The highest BCUT2D eigenvalue weighted by atomic mass is 16.4. The second-order valence-corrected chi connectivity index (χ2v) is 2.94. The van der Waals surface area contributed by atoms with Crippen LogP contribution in [0.25, 0.3) is 11.3 Å². The average molecular weight is 204 g/mol. The van der Waals surface area contributed by atoms with Crippen molar-refractivity contribution in [3.05, 3.63) is 30.7 Å². The highest BCUT2D eigenvalue weighted by Gasteiger charge is 2.05. The molecule has 0 spiro atoms. The SMILES string of the molecule is O=C(O)Cn1cc(-c2cccnc2)nn1. The standard InChI is InChI=1S/C9H8N4O2/c14-9(15)6-13-5-8(11-12-13)7-2-1-3-10-4-7/h1-5H,6H2,(H,14,15). The van der Waals surface area contributed by atoms with Crippen LogP contribution in [-0.2, 0) is 11.3 Å². The Morgan fingerprint density at radius 2 is 2.40 bits per heavy atom. The summed E-state index contributed by atoms with van der Waals surface area (Å²) in [6.07, 6.45) is 4.88. The molecule has 0 bridgehead atoms. The van der Waals surface area contributed by atoms with Gasteiger partial charge in [-0.05, 0) is 12.1 Å². The minimum absolute atomic E-state index is 0.187. The van der Waals surface area contributed by atoms with Crippen molar-refractivity contribution in [1.29, 1.82) is 0 Å². The van der Waals surface area contributed by atoms with Crippen LogP contribution in [0.2, 0.25) is 0 Å². The summed E-state index contributed by atoms with van der Waals surface area (Å²) < 4.78 is 1.27. The molecule has 15 heavy (non-hydrogen) atoms. The van der Waals surface area contributed by atoms with Gasteiger partial charge in [-0.3, -0.25) is 9.78 Å². The molecule has 76 valence electrons. The third-order valence-corrected chi connectivity index (χ3v) is 1.79. The van der Waals surface area contributed by atoms with E-state index in [9.17, 15) is 4.79 Å². The molecule has 0 saturated heterocycles. The van der Waals surface area contributed by atoms with E-state index in [1.165, 1.54) is 4.68 Å². The third-order valence-electron chi connectivity index (χ3n) is 1.79. The van der Waals surface area contributed by atoms with E-state index in [2.05, 4.69) is 15.3 Å². The Labute approximate surface area is 85.2 Å². The molecule has 2 aromatic heterocycles. The first-order valence-electron chi connectivity index (χ1n) is 4.28. The number of carboxylic acid groups (broad SMARTS) is 1. The van der Waals surface area contributed by atoms with E-state index in [1.54, 1.807) is 24.7 Å². The zero-order valence-corrected chi connectivity index (χ0v) is 7.74. The van der Waals surface area contributed by atoms with Gasteiger partial charge < -0.3 is 5.11 Å². The third kappa shape index (κ3) is 2.16. The Morgan fingerprint density at radius 3 is 3.07 bits per heavy atom. The molecule has 2 rings (SSSR count). The zero-order valence-electron chi connectivity index (χ0n) is 7.74. The Hall–Kier alpha value is -2.24.